The van der Waals surface area contributed by atoms with Crippen molar-refractivity contribution in [2.24, 2.45) is 0 Å². The van der Waals surface area contributed by atoms with Crippen LogP contribution < -0.4 is 10.1 Å². The van der Waals surface area contributed by atoms with E-state index in [1.54, 1.807) is 24.3 Å². The van der Waals surface area contributed by atoms with Crippen LogP contribution in [0.3, 0.4) is 0 Å². The van der Waals surface area contributed by atoms with Gasteiger partial charge in [0.2, 0.25) is 5.88 Å². The second kappa shape index (κ2) is 9.36. The molecule has 1 atom stereocenters. The molecule has 1 amide bonds. The highest BCUT2D eigenvalue weighted by molar-refractivity contribution is 5.93. The maximum Gasteiger partial charge on any atom is 0.305 e. The summed E-state index contributed by atoms with van der Waals surface area (Å²) in [7, 11) is 0. The van der Waals surface area contributed by atoms with Crippen molar-refractivity contribution < 1.29 is 24.5 Å². The molecule has 0 aliphatic carbocycles. The summed E-state index contributed by atoms with van der Waals surface area (Å²) in [6.45, 7) is 9.54. The molecule has 174 valence electrons. The Morgan fingerprint density at radius 1 is 1.12 bits per heavy atom. The lowest BCUT2D eigenvalue weighted by Gasteiger charge is -2.23. The van der Waals surface area contributed by atoms with Crippen molar-refractivity contribution in [1.82, 2.24) is 15.1 Å². The fraction of sp³-hybridized carbons (Fsp3) is 0.320. The van der Waals surface area contributed by atoms with Gasteiger partial charge >= 0.3 is 5.97 Å². The quantitative estimate of drug-likeness (QED) is 0.493. The van der Waals surface area contributed by atoms with E-state index >= 15 is 0 Å². The van der Waals surface area contributed by atoms with Crippen LogP contribution in [0.25, 0.3) is 5.69 Å². The second-order valence-electron chi connectivity index (χ2n) is 9.00. The third kappa shape index (κ3) is 6.12. The van der Waals surface area contributed by atoms with E-state index in [1.807, 2.05) is 52.8 Å². The molecule has 1 aromatic heterocycles. The monoisotopic (exact) mass is 451 g/mol. The molecule has 0 aliphatic rings. The number of hydrogen-bond donors (Lipinski definition) is 3. The van der Waals surface area contributed by atoms with E-state index in [2.05, 4.69) is 10.4 Å². The Bertz CT molecular complexity index is 1180. The molecule has 8 heteroatoms. The molecule has 0 radical (unpaired) electrons. The van der Waals surface area contributed by atoms with Crippen LogP contribution in [-0.2, 0) is 4.79 Å². The highest BCUT2D eigenvalue weighted by Gasteiger charge is 2.23. The summed E-state index contributed by atoms with van der Waals surface area (Å²) < 4.78 is 7.16. The SMILES string of the molecule is Cc1ccc(C)c(-n2nc(C(=O)NC(CC(=O)O)c3cccc(OC(C)(C)C)c3)cc2O)c1. The van der Waals surface area contributed by atoms with E-state index in [-0.39, 0.29) is 18.0 Å². The minimum Gasteiger partial charge on any atom is -0.493 e. The number of nitrogens with one attached hydrogen (secondary N) is 1. The minimum absolute atomic E-state index is 0.0223. The Kier molecular flexibility index (Phi) is 6.76. The fourth-order valence-electron chi connectivity index (χ4n) is 3.41. The molecule has 2 aromatic carbocycles. The van der Waals surface area contributed by atoms with E-state index in [0.717, 1.165) is 11.1 Å². The number of hydrogen-bond acceptors (Lipinski definition) is 5. The number of carboxylic acid groups (broad SMARTS) is 1. The van der Waals surface area contributed by atoms with Crippen LogP contribution in [0.2, 0.25) is 0 Å². The molecule has 0 saturated carbocycles. The second-order valence-corrected chi connectivity index (χ2v) is 9.00. The van der Waals surface area contributed by atoms with Gasteiger partial charge in [-0.2, -0.15) is 5.10 Å². The number of aromatic nitrogens is 2. The minimum atomic E-state index is -1.06. The Balaban J connectivity index is 1.88. The van der Waals surface area contributed by atoms with Crippen LogP contribution >= 0.6 is 0 Å². The van der Waals surface area contributed by atoms with Gasteiger partial charge in [-0.1, -0.05) is 24.3 Å². The maximum atomic E-state index is 13.0. The average molecular weight is 452 g/mol. The number of ether oxygens (including phenoxy) is 1. The van der Waals surface area contributed by atoms with E-state index < -0.39 is 23.5 Å². The summed E-state index contributed by atoms with van der Waals surface area (Å²) in [4.78, 5) is 24.4. The van der Waals surface area contributed by atoms with Gasteiger partial charge in [0.25, 0.3) is 5.91 Å². The number of aryl methyl sites for hydroxylation is 2. The largest absolute Gasteiger partial charge is 0.493 e. The lowest BCUT2D eigenvalue weighted by molar-refractivity contribution is -0.137. The van der Waals surface area contributed by atoms with Crippen molar-refractivity contribution in [3.8, 4) is 17.3 Å². The Hall–Kier alpha value is -3.81. The molecule has 0 fully saturated rings. The molecule has 8 nitrogen and oxygen atoms in total. The highest BCUT2D eigenvalue weighted by Crippen LogP contribution is 2.26. The zero-order valence-electron chi connectivity index (χ0n) is 19.4. The van der Waals surface area contributed by atoms with Crippen molar-refractivity contribution in [2.45, 2.75) is 52.7 Å². The number of carbonyl (C=O) groups is 2. The summed E-state index contributed by atoms with van der Waals surface area (Å²) in [5.41, 5.74) is 2.65. The topological polar surface area (TPSA) is 114 Å². The first-order valence-electron chi connectivity index (χ1n) is 10.6. The smallest absolute Gasteiger partial charge is 0.305 e. The third-order valence-corrected chi connectivity index (χ3v) is 4.88. The molecule has 3 rings (SSSR count). The third-order valence-electron chi connectivity index (χ3n) is 4.88. The highest BCUT2D eigenvalue weighted by atomic mass is 16.5. The van der Waals surface area contributed by atoms with Gasteiger partial charge in [0.15, 0.2) is 5.69 Å². The summed E-state index contributed by atoms with van der Waals surface area (Å²) in [5, 5.41) is 26.8. The van der Waals surface area contributed by atoms with Crippen LogP contribution in [0.1, 0.15) is 60.4 Å². The molecule has 1 heterocycles. The Morgan fingerprint density at radius 3 is 2.52 bits per heavy atom. The predicted molar refractivity (Wildman–Crippen MR) is 124 cm³/mol. The molecule has 0 saturated heterocycles. The first kappa shape index (κ1) is 23.8. The summed E-state index contributed by atoms with van der Waals surface area (Å²) in [6, 6.07) is 13.1. The van der Waals surface area contributed by atoms with Crippen LogP contribution in [0, 0.1) is 13.8 Å². The van der Waals surface area contributed by atoms with E-state index in [0.29, 0.717) is 17.0 Å². The van der Waals surface area contributed by atoms with Crippen molar-refractivity contribution in [3.63, 3.8) is 0 Å². The maximum absolute atomic E-state index is 13.0. The number of benzene rings is 2. The van der Waals surface area contributed by atoms with E-state index in [1.165, 1.54) is 10.7 Å². The number of carbonyl (C=O) groups excluding carboxylic acids is 1. The zero-order chi connectivity index (χ0) is 24.3. The van der Waals surface area contributed by atoms with Gasteiger partial charge in [-0.25, -0.2) is 4.68 Å². The predicted octanol–water partition coefficient (Wildman–Crippen LogP) is 4.32. The fourth-order valence-corrected chi connectivity index (χ4v) is 3.41. The average Bonchev–Trinajstić information content (AvgIpc) is 3.09. The lowest BCUT2D eigenvalue weighted by Crippen LogP contribution is -2.30. The summed E-state index contributed by atoms with van der Waals surface area (Å²) in [5.74, 6) is -1.28. The first-order chi connectivity index (χ1) is 15.4. The van der Waals surface area contributed by atoms with E-state index in [4.69, 9.17) is 4.74 Å². The van der Waals surface area contributed by atoms with Crippen molar-refractivity contribution in [2.75, 3.05) is 0 Å². The standard InChI is InChI=1S/C25H29N3O5/c1-15-9-10-16(2)21(11-15)28-22(29)13-20(27-28)24(32)26-19(14-23(30)31)17-7-6-8-18(12-17)33-25(3,4)5/h6-13,19,29H,14H2,1-5H3,(H,26,32)(H,30,31). The normalized spacial score (nSPS) is 12.3. The number of carboxylic acids is 1. The van der Waals surface area contributed by atoms with Gasteiger partial charge in [-0.15, -0.1) is 0 Å². The van der Waals surface area contributed by atoms with Gasteiger partial charge in [0.1, 0.15) is 11.4 Å². The van der Waals surface area contributed by atoms with Gasteiger partial charge in [-0.3, -0.25) is 9.59 Å². The van der Waals surface area contributed by atoms with Gasteiger partial charge in [0.05, 0.1) is 18.2 Å². The lowest BCUT2D eigenvalue weighted by atomic mass is 10.0. The van der Waals surface area contributed by atoms with Crippen molar-refractivity contribution >= 4 is 11.9 Å². The van der Waals surface area contributed by atoms with Crippen LogP contribution in [-0.4, -0.2) is 37.5 Å². The molecule has 33 heavy (non-hydrogen) atoms. The van der Waals surface area contributed by atoms with Gasteiger partial charge < -0.3 is 20.3 Å². The van der Waals surface area contributed by atoms with Gasteiger partial charge in [-0.05, 0) is 69.5 Å². The summed E-state index contributed by atoms with van der Waals surface area (Å²) in [6.07, 6.45) is -0.325. The molecule has 0 aliphatic heterocycles. The molecule has 3 aromatic rings. The molecule has 1 unspecified atom stereocenters. The summed E-state index contributed by atoms with van der Waals surface area (Å²) >= 11 is 0. The molecule has 0 bridgehead atoms. The molecule has 0 spiro atoms. The molecular formula is C25H29N3O5. The van der Waals surface area contributed by atoms with Crippen LogP contribution in [0.5, 0.6) is 11.6 Å². The Morgan fingerprint density at radius 2 is 1.85 bits per heavy atom. The zero-order valence-corrected chi connectivity index (χ0v) is 19.4. The Labute approximate surface area is 192 Å². The van der Waals surface area contributed by atoms with E-state index in [9.17, 15) is 19.8 Å². The number of nitrogens with zero attached hydrogens (tertiary/aromatic N) is 2. The van der Waals surface area contributed by atoms with Crippen molar-refractivity contribution in [3.05, 3.63) is 70.9 Å². The number of amides is 1. The molecule has 3 N–H and O–H groups in total. The number of aromatic hydroxyl groups is 1. The first-order valence-corrected chi connectivity index (χ1v) is 10.6. The molecular weight excluding hydrogens is 422 g/mol. The van der Waals surface area contributed by atoms with Crippen molar-refractivity contribution in [1.29, 1.82) is 0 Å². The number of aliphatic carboxylic acids is 1. The van der Waals surface area contributed by atoms with Crippen LogP contribution in [0.15, 0.2) is 48.5 Å². The number of rotatable bonds is 7. The van der Waals surface area contributed by atoms with Crippen LogP contribution in [0.4, 0.5) is 0 Å². The van der Waals surface area contributed by atoms with Gasteiger partial charge in [0, 0.05) is 6.07 Å².